The van der Waals surface area contributed by atoms with E-state index in [1.807, 2.05) is 6.07 Å². The lowest BCUT2D eigenvalue weighted by Crippen LogP contribution is -2.21. The van der Waals surface area contributed by atoms with E-state index in [9.17, 15) is 0 Å². The van der Waals surface area contributed by atoms with E-state index in [1.165, 1.54) is 0 Å². The van der Waals surface area contributed by atoms with Gasteiger partial charge >= 0.3 is 0 Å². The van der Waals surface area contributed by atoms with E-state index >= 15 is 0 Å². The molecule has 0 bridgehead atoms. The number of hydrogen-bond donors (Lipinski definition) is 1. The summed E-state index contributed by atoms with van der Waals surface area (Å²) in [4.78, 5) is 3.93. The summed E-state index contributed by atoms with van der Waals surface area (Å²) in [6.45, 7) is -0.187. The van der Waals surface area contributed by atoms with Crippen molar-refractivity contribution in [3.8, 4) is 0 Å². The third-order valence-electron chi connectivity index (χ3n) is 1.56. The van der Waals surface area contributed by atoms with Crippen LogP contribution >= 0.6 is 0 Å². The molecule has 65 valence electrons. The maximum Gasteiger partial charge on any atom is 0.185 e. The Bertz CT molecular complexity index is 358. The van der Waals surface area contributed by atoms with E-state index in [4.69, 9.17) is 5.11 Å². The zero-order valence-corrected chi connectivity index (χ0v) is 6.75. The Morgan fingerprint density at radius 2 is 2.23 bits per heavy atom. The minimum absolute atomic E-state index is 0.187. The van der Waals surface area contributed by atoms with Crippen molar-refractivity contribution >= 4 is 11.7 Å². The van der Waals surface area contributed by atoms with Gasteiger partial charge in [0.25, 0.3) is 0 Å². The van der Waals surface area contributed by atoms with Crippen LogP contribution in [0.4, 0.5) is 0 Å². The first-order valence-corrected chi connectivity index (χ1v) is 3.77. The summed E-state index contributed by atoms with van der Waals surface area (Å²) < 4.78 is 0. The highest BCUT2D eigenvalue weighted by Crippen LogP contribution is 2.02. The smallest absolute Gasteiger partial charge is 0.185 e. The Labute approximate surface area is 74.8 Å². The van der Waals surface area contributed by atoms with Crippen LogP contribution in [0.2, 0.25) is 0 Å². The van der Waals surface area contributed by atoms with Gasteiger partial charge < -0.3 is 5.11 Å². The summed E-state index contributed by atoms with van der Waals surface area (Å²) in [5.74, 6) is 0.830. The molecule has 0 saturated carbocycles. The fourth-order valence-corrected chi connectivity index (χ4v) is 0.956. The molecular weight excluding hydrogens is 168 g/mol. The molecular formula is C8H7N4O. The van der Waals surface area contributed by atoms with Crippen molar-refractivity contribution < 1.29 is 5.11 Å². The Kier molecular flexibility index (Phi) is 2.01. The van der Waals surface area contributed by atoms with Gasteiger partial charge in [0.1, 0.15) is 6.61 Å². The van der Waals surface area contributed by atoms with Crippen LogP contribution in [0.5, 0.6) is 0 Å². The molecule has 13 heavy (non-hydrogen) atoms. The van der Waals surface area contributed by atoms with Gasteiger partial charge in [-0.05, 0) is 12.1 Å². The molecule has 1 aliphatic heterocycles. The molecule has 0 saturated heterocycles. The second-order valence-corrected chi connectivity index (χ2v) is 2.45. The van der Waals surface area contributed by atoms with Crippen molar-refractivity contribution in [3.63, 3.8) is 0 Å². The summed E-state index contributed by atoms with van der Waals surface area (Å²) in [6.07, 6.45) is 3.32. The molecule has 0 unspecified atom stereocenters. The van der Waals surface area contributed by atoms with Crippen LogP contribution in [0.25, 0.3) is 0 Å². The summed E-state index contributed by atoms with van der Waals surface area (Å²) in [6, 6.07) is 3.63. The first-order chi connectivity index (χ1) is 6.40. The minimum atomic E-state index is -0.187. The average Bonchev–Trinajstić information content (AvgIpc) is 2.67. The Balaban J connectivity index is 2.16. The van der Waals surface area contributed by atoms with Gasteiger partial charge in [0.15, 0.2) is 11.7 Å². The van der Waals surface area contributed by atoms with Gasteiger partial charge in [0.05, 0.1) is 0 Å². The largest absolute Gasteiger partial charge is 0.388 e. The molecule has 2 heterocycles. The summed E-state index contributed by atoms with van der Waals surface area (Å²) in [7, 11) is 0. The van der Waals surface area contributed by atoms with E-state index in [0.29, 0.717) is 11.7 Å². The lowest BCUT2D eigenvalue weighted by molar-refractivity contribution is 0.355. The van der Waals surface area contributed by atoms with Gasteiger partial charge in [-0.15, -0.1) is 10.2 Å². The number of pyridine rings is 1. The lowest BCUT2D eigenvalue weighted by atomic mass is 10.2. The third kappa shape index (κ3) is 1.54. The maximum absolute atomic E-state index is 8.72. The van der Waals surface area contributed by atoms with Crippen molar-refractivity contribution in [1.29, 1.82) is 0 Å². The van der Waals surface area contributed by atoms with Crippen molar-refractivity contribution in [2.45, 2.75) is 0 Å². The summed E-state index contributed by atoms with van der Waals surface area (Å²) in [5, 5.41) is 20.2. The molecule has 5 nitrogen and oxygen atoms in total. The molecule has 0 aromatic carbocycles. The fourth-order valence-electron chi connectivity index (χ4n) is 0.956. The van der Waals surface area contributed by atoms with E-state index < -0.39 is 0 Å². The molecule has 1 radical (unpaired) electrons. The molecule has 1 N–H and O–H groups in total. The molecule has 0 aliphatic carbocycles. The second-order valence-electron chi connectivity index (χ2n) is 2.45. The van der Waals surface area contributed by atoms with Crippen molar-refractivity contribution in [1.82, 2.24) is 10.3 Å². The van der Waals surface area contributed by atoms with Gasteiger partial charge in [0, 0.05) is 18.0 Å². The zero-order valence-electron chi connectivity index (χ0n) is 6.75. The van der Waals surface area contributed by atoms with E-state index in [2.05, 4.69) is 20.5 Å². The molecule has 1 aromatic rings. The summed E-state index contributed by atoms with van der Waals surface area (Å²) >= 11 is 0. The Morgan fingerprint density at radius 1 is 1.31 bits per heavy atom. The third-order valence-corrected chi connectivity index (χ3v) is 1.56. The van der Waals surface area contributed by atoms with Crippen molar-refractivity contribution in [2.75, 3.05) is 6.61 Å². The predicted molar refractivity (Wildman–Crippen MR) is 47.4 cm³/mol. The van der Waals surface area contributed by atoms with Gasteiger partial charge in [0.2, 0.25) is 0 Å². The minimum Gasteiger partial charge on any atom is -0.388 e. The monoisotopic (exact) mass is 175 g/mol. The highest BCUT2D eigenvalue weighted by atomic mass is 16.3. The number of hydrogen-bond acceptors (Lipinski definition) is 4. The number of nitrogens with zero attached hydrogens (tertiary/aromatic N) is 4. The van der Waals surface area contributed by atoms with Crippen LogP contribution in [0.15, 0.2) is 34.7 Å². The second kappa shape index (κ2) is 3.32. The van der Waals surface area contributed by atoms with Gasteiger partial charge in [-0.3, -0.25) is 4.98 Å². The number of rotatable bonds is 2. The maximum atomic E-state index is 8.72. The van der Waals surface area contributed by atoms with Crippen LogP contribution < -0.4 is 5.32 Å². The molecule has 0 fully saturated rings. The molecule has 1 aliphatic rings. The molecule has 0 atom stereocenters. The molecule has 1 aromatic heterocycles. The quantitative estimate of drug-likeness (QED) is 0.673. The van der Waals surface area contributed by atoms with Crippen molar-refractivity contribution in [3.05, 3.63) is 30.1 Å². The highest BCUT2D eigenvalue weighted by molar-refractivity contribution is 6.11. The van der Waals surface area contributed by atoms with Crippen LogP contribution in [0.1, 0.15) is 5.56 Å². The van der Waals surface area contributed by atoms with Crippen LogP contribution in [-0.2, 0) is 0 Å². The Morgan fingerprint density at radius 3 is 2.85 bits per heavy atom. The van der Waals surface area contributed by atoms with Gasteiger partial charge in [-0.2, -0.15) is 0 Å². The average molecular weight is 175 g/mol. The number of aromatic nitrogens is 1. The fraction of sp³-hybridized carbons (Fsp3) is 0.125. The van der Waals surface area contributed by atoms with Crippen molar-refractivity contribution in [2.24, 2.45) is 10.2 Å². The summed E-state index contributed by atoms with van der Waals surface area (Å²) in [5.41, 5.74) is 0.801. The molecule has 2 rings (SSSR count). The lowest BCUT2D eigenvalue weighted by Gasteiger charge is -1.97. The highest BCUT2D eigenvalue weighted by Gasteiger charge is 2.13. The number of aliphatic hydroxyl groups is 1. The predicted octanol–water partition coefficient (Wildman–Crippen LogP) is -0.248. The molecule has 5 heteroatoms. The first kappa shape index (κ1) is 7.88. The van der Waals surface area contributed by atoms with Gasteiger partial charge in [-0.1, -0.05) is 0 Å². The van der Waals surface area contributed by atoms with E-state index in [0.717, 1.165) is 5.56 Å². The SMILES string of the molecule is OCC1=NN=C(c2cccnc2)[N]1. The Hall–Kier alpha value is -1.75. The topological polar surface area (TPSA) is 71.9 Å². The molecule has 0 spiro atoms. The van der Waals surface area contributed by atoms with E-state index in [-0.39, 0.29) is 6.61 Å². The number of amidine groups is 2. The standard InChI is InChI=1S/C8H7N4O/c13-5-7-10-8(12-11-7)6-2-1-3-9-4-6/h1-4,13H,5H2. The van der Waals surface area contributed by atoms with Crippen LogP contribution in [0, 0.1) is 0 Å². The van der Waals surface area contributed by atoms with Crippen LogP contribution in [-0.4, -0.2) is 28.4 Å². The molecule has 0 amide bonds. The van der Waals surface area contributed by atoms with Gasteiger partial charge in [-0.25, -0.2) is 5.32 Å². The van der Waals surface area contributed by atoms with Crippen LogP contribution in [0.3, 0.4) is 0 Å². The first-order valence-electron chi connectivity index (χ1n) is 3.77. The van der Waals surface area contributed by atoms with E-state index in [1.54, 1.807) is 18.5 Å². The zero-order chi connectivity index (χ0) is 9.10. The number of aliphatic hydroxyl groups excluding tert-OH is 1. The normalized spacial score (nSPS) is 14.8.